The van der Waals surface area contributed by atoms with Gasteiger partial charge in [0.2, 0.25) is 12.7 Å². The third kappa shape index (κ3) is 4.55. The van der Waals surface area contributed by atoms with E-state index in [9.17, 15) is 4.79 Å². The molecule has 1 amide bonds. The van der Waals surface area contributed by atoms with E-state index in [1.165, 1.54) is 11.8 Å². The molecule has 0 bridgehead atoms. The van der Waals surface area contributed by atoms with Gasteiger partial charge in [0.1, 0.15) is 5.04 Å². The lowest BCUT2D eigenvalue weighted by atomic mass is 9.99. The molecule has 0 radical (unpaired) electrons. The molecule has 32 heavy (non-hydrogen) atoms. The molecule has 1 spiro atoms. The molecular weight excluding hydrogens is 492 g/mol. The number of nitrogens with one attached hydrogen (secondary N) is 1. The Kier molecular flexibility index (Phi) is 5.96. The average molecular weight is 515 g/mol. The highest BCUT2D eigenvalue weighted by atomic mass is 79.9. The molecule has 3 aliphatic rings. The van der Waals surface area contributed by atoms with E-state index in [0.717, 1.165) is 46.7 Å². The van der Waals surface area contributed by atoms with E-state index < -0.39 is 5.66 Å². The summed E-state index contributed by atoms with van der Waals surface area (Å²) in [5.41, 5.74) is 2.17. The number of thioether (sulfide) groups is 1. The van der Waals surface area contributed by atoms with E-state index in [0.29, 0.717) is 17.2 Å². The molecule has 166 valence electrons. The number of benzene rings is 2. The van der Waals surface area contributed by atoms with Crippen LogP contribution in [0, 0.1) is 0 Å². The zero-order valence-corrected chi connectivity index (χ0v) is 20.0. The van der Waals surface area contributed by atoms with Crippen molar-refractivity contribution >= 4 is 50.0 Å². The smallest absolute Gasteiger partial charge is 0.234 e. The van der Waals surface area contributed by atoms with Crippen LogP contribution in [-0.4, -0.2) is 59.9 Å². The number of anilines is 1. The first-order chi connectivity index (χ1) is 15.5. The summed E-state index contributed by atoms with van der Waals surface area (Å²) in [4.78, 5) is 25.1. The Labute approximate surface area is 199 Å². The Morgan fingerprint density at radius 1 is 1.12 bits per heavy atom. The first kappa shape index (κ1) is 21.5. The molecule has 3 heterocycles. The highest BCUT2D eigenvalue weighted by molar-refractivity contribution is 9.10. The molecule has 1 N–H and O–H groups in total. The fourth-order valence-electron chi connectivity index (χ4n) is 3.92. The topological polar surface area (TPSA) is 75.5 Å². The number of carbonyl (C=O) groups is 1. The van der Waals surface area contributed by atoms with E-state index in [-0.39, 0.29) is 18.5 Å². The summed E-state index contributed by atoms with van der Waals surface area (Å²) in [7, 11) is 2.13. The van der Waals surface area contributed by atoms with Crippen LogP contribution in [0.4, 0.5) is 5.69 Å². The molecule has 0 aromatic heterocycles. The van der Waals surface area contributed by atoms with Crippen LogP contribution in [0.1, 0.15) is 18.4 Å². The molecule has 2 aromatic rings. The van der Waals surface area contributed by atoms with Gasteiger partial charge in [0.15, 0.2) is 17.2 Å². The van der Waals surface area contributed by atoms with Crippen molar-refractivity contribution in [3.63, 3.8) is 0 Å². The largest absolute Gasteiger partial charge is 0.454 e. The van der Waals surface area contributed by atoms with Gasteiger partial charge in [-0.25, -0.2) is 4.99 Å². The molecule has 0 aliphatic carbocycles. The number of amides is 1. The lowest BCUT2D eigenvalue weighted by Gasteiger charge is -2.33. The molecule has 0 atom stereocenters. The number of piperidine rings is 1. The van der Waals surface area contributed by atoms with E-state index in [4.69, 9.17) is 19.5 Å². The van der Waals surface area contributed by atoms with Gasteiger partial charge in [0, 0.05) is 47.7 Å². The van der Waals surface area contributed by atoms with Crippen molar-refractivity contribution < 1.29 is 14.3 Å². The maximum atomic E-state index is 12.7. The zero-order valence-electron chi connectivity index (χ0n) is 17.6. The van der Waals surface area contributed by atoms with E-state index in [1.54, 1.807) is 12.1 Å². The minimum absolute atomic E-state index is 0.101. The highest BCUT2D eigenvalue weighted by Crippen LogP contribution is 2.36. The first-order valence-electron chi connectivity index (χ1n) is 10.5. The third-order valence-corrected chi connectivity index (χ3v) is 7.23. The molecule has 1 fully saturated rings. The first-order valence-corrected chi connectivity index (χ1v) is 12.2. The zero-order chi connectivity index (χ0) is 22.1. The lowest BCUT2D eigenvalue weighted by molar-refractivity contribution is -0.113. The maximum Gasteiger partial charge on any atom is 0.234 e. The molecular formula is C23H23BrN4O3S. The molecule has 1 saturated heterocycles. The molecule has 9 heteroatoms. The van der Waals surface area contributed by atoms with E-state index in [1.807, 2.05) is 30.3 Å². The Morgan fingerprint density at radius 2 is 1.88 bits per heavy atom. The van der Waals surface area contributed by atoms with Crippen molar-refractivity contribution in [1.29, 1.82) is 0 Å². The summed E-state index contributed by atoms with van der Waals surface area (Å²) in [6, 6.07) is 13.5. The predicted octanol–water partition coefficient (Wildman–Crippen LogP) is 4.17. The van der Waals surface area contributed by atoms with Crippen molar-refractivity contribution in [3.05, 3.63) is 52.5 Å². The van der Waals surface area contributed by atoms with Crippen molar-refractivity contribution in [1.82, 2.24) is 4.90 Å². The Balaban J connectivity index is 1.30. The van der Waals surface area contributed by atoms with Crippen LogP contribution in [0.15, 0.2) is 56.9 Å². The summed E-state index contributed by atoms with van der Waals surface area (Å²) in [5.74, 6) is 1.48. The predicted molar refractivity (Wildman–Crippen MR) is 131 cm³/mol. The minimum atomic E-state index is -0.412. The number of rotatable bonds is 4. The van der Waals surface area contributed by atoms with Gasteiger partial charge >= 0.3 is 0 Å². The fraction of sp³-hybridized carbons (Fsp3) is 0.348. The Morgan fingerprint density at radius 3 is 2.66 bits per heavy atom. The quantitative estimate of drug-likeness (QED) is 0.662. The standard InChI is InChI=1S/C23H23BrN4O3S/c1-28-10-8-23(9-11-28)26-21(15-2-4-16(24)5-3-15)22(27-23)32-13-20(29)25-17-6-7-18-19(12-17)31-14-30-18/h2-7,12H,8-11,13-14H2,1H3,(H,25,29). The van der Waals surface area contributed by atoms with Crippen LogP contribution in [0.25, 0.3) is 0 Å². The summed E-state index contributed by atoms with van der Waals surface area (Å²) in [6.07, 6.45) is 1.77. The summed E-state index contributed by atoms with van der Waals surface area (Å²) in [6.45, 7) is 2.13. The van der Waals surface area contributed by atoms with Gasteiger partial charge in [-0.3, -0.25) is 9.79 Å². The number of carbonyl (C=O) groups excluding carboxylic acids is 1. The number of fused-ring (bicyclic) bond motifs is 1. The van der Waals surface area contributed by atoms with Crippen molar-refractivity contribution in [2.45, 2.75) is 18.5 Å². The molecule has 3 aliphatic heterocycles. The normalized spacial score (nSPS) is 19.1. The van der Waals surface area contributed by atoms with Crippen LogP contribution >= 0.6 is 27.7 Å². The molecule has 5 rings (SSSR count). The second-order valence-electron chi connectivity index (χ2n) is 8.07. The number of aliphatic imine (C=N–C) groups is 2. The number of hydrogen-bond donors (Lipinski definition) is 1. The Bertz CT molecular complexity index is 1090. The summed E-state index contributed by atoms with van der Waals surface area (Å²) >= 11 is 4.93. The van der Waals surface area contributed by atoms with Crippen molar-refractivity contribution in [2.75, 3.05) is 38.0 Å². The van der Waals surface area contributed by atoms with E-state index >= 15 is 0 Å². The van der Waals surface area contributed by atoms with Gasteiger partial charge in [-0.05, 0) is 31.3 Å². The van der Waals surface area contributed by atoms with Gasteiger partial charge in [-0.2, -0.15) is 0 Å². The lowest BCUT2D eigenvalue weighted by Crippen LogP contribution is -2.39. The van der Waals surface area contributed by atoms with Crippen LogP contribution in [0.3, 0.4) is 0 Å². The average Bonchev–Trinajstić information content (AvgIpc) is 3.40. The van der Waals surface area contributed by atoms with Gasteiger partial charge in [0.25, 0.3) is 0 Å². The number of likely N-dealkylation sites (tertiary alicyclic amines) is 1. The second-order valence-corrected chi connectivity index (χ2v) is 9.95. The minimum Gasteiger partial charge on any atom is -0.454 e. The number of halogens is 1. The third-order valence-electron chi connectivity index (χ3n) is 5.73. The maximum absolute atomic E-state index is 12.7. The summed E-state index contributed by atoms with van der Waals surface area (Å²) < 4.78 is 11.7. The molecule has 0 unspecified atom stereocenters. The van der Waals surface area contributed by atoms with Crippen LogP contribution in [0.2, 0.25) is 0 Å². The summed E-state index contributed by atoms with van der Waals surface area (Å²) in [5, 5.41) is 3.76. The SMILES string of the molecule is CN1CCC2(CC1)N=C(SCC(=O)Nc1ccc3c(c1)OCO3)C(c1ccc(Br)cc1)=N2. The second kappa shape index (κ2) is 8.88. The fourth-order valence-corrected chi connectivity index (χ4v) is 5.06. The Hall–Kier alpha value is -2.36. The van der Waals surface area contributed by atoms with Crippen LogP contribution in [-0.2, 0) is 4.79 Å². The van der Waals surface area contributed by atoms with Crippen molar-refractivity contribution in [2.24, 2.45) is 9.98 Å². The van der Waals surface area contributed by atoms with Crippen LogP contribution in [0.5, 0.6) is 11.5 Å². The van der Waals surface area contributed by atoms with Gasteiger partial charge in [0.05, 0.1) is 11.5 Å². The van der Waals surface area contributed by atoms with Crippen LogP contribution < -0.4 is 14.8 Å². The van der Waals surface area contributed by atoms with Gasteiger partial charge in [-0.1, -0.05) is 39.8 Å². The molecule has 0 saturated carbocycles. The number of nitrogens with zero attached hydrogens (tertiary/aromatic N) is 3. The number of hydrogen-bond acceptors (Lipinski definition) is 7. The highest BCUT2D eigenvalue weighted by Gasteiger charge is 2.39. The number of ether oxygens (including phenoxy) is 2. The molecule has 7 nitrogen and oxygen atoms in total. The molecule has 2 aromatic carbocycles. The monoisotopic (exact) mass is 514 g/mol. The van der Waals surface area contributed by atoms with Gasteiger partial charge in [-0.15, -0.1) is 0 Å². The van der Waals surface area contributed by atoms with Gasteiger partial charge < -0.3 is 19.7 Å². The van der Waals surface area contributed by atoms with Crippen molar-refractivity contribution in [3.8, 4) is 11.5 Å². The van der Waals surface area contributed by atoms with E-state index in [2.05, 4.69) is 33.2 Å².